The standard InChI is InChI=1S/C15H19FN2O/c16-15-5-4-12(10-17)9-13(15)11-19-8-6-14-3-1-2-7-18-14/h4-5,9,14,18H,1-3,6-8,11H2. The van der Waals surface area contributed by atoms with Crippen molar-refractivity contribution in [1.29, 1.82) is 5.26 Å². The van der Waals surface area contributed by atoms with Crippen LogP contribution in [0.3, 0.4) is 0 Å². The smallest absolute Gasteiger partial charge is 0.128 e. The number of nitrogens with zero attached hydrogens (tertiary/aromatic N) is 1. The average molecular weight is 262 g/mol. The molecule has 0 aromatic heterocycles. The normalized spacial score (nSPS) is 19.1. The van der Waals surface area contributed by atoms with Crippen LogP contribution in [-0.4, -0.2) is 19.2 Å². The molecular weight excluding hydrogens is 243 g/mol. The van der Waals surface area contributed by atoms with E-state index in [1.165, 1.54) is 31.4 Å². The molecule has 0 saturated carbocycles. The highest BCUT2D eigenvalue weighted by Crippen LogP contribution is 2.13. The van der Waals surface area contributed by atoms with E-state index in [1.54, 1.807) is 6.07 Å². The maximum Gasteiger partial charge on any atom is 0.128 e. The van der Waals surface area contributed by atoms with Crippen molar-refractivity contribution in [3.63, 3.8) is 0 Å². The second-order valence-corrected chi connectivity index (χ2v) is 4.91. The van der Waals surface area contributed by atoms with E-state index in [2.05, 4.69) is 5.32 Å². The van der Waals surface area contributed by atoms with Crippen molar-refractivity contribution in [2.24, 2.45) is 0 Å². The number of benzene rings is 1. The predicted octanol–water partition coefficient (Wildman–Crippen LogP) is 2.75. The largest absolute Gasteiger partial charge is 0.377 e. The van der Waals surface area contributed by atoms with Crippen LogP contribution >= 0.6 is 0 Å². The van der Waals surface area contributed by atoms with Crippen LogP contribution in [-0.2, 0) is 11.3 Å². The van der Waals surface area contributed by atoms with Crippen LogP contribution in [0.5, 0.6) is 0 Å². The second kappa shape index (κ2) is 7.22. The Labute approximate surface area is 113 Å². The van der Waals surface area contributed by atoms with Crippen molar-refractivity contribution in [3.8, 4) is 6.07 Å². The third-order valence-corrected chi connectivity index (χ3v) is 3.46. The molecule has 3 nitrogen and oxygen atoms in total. The Kier molecular flexibility index (Phi) is 5.31. The molecule has 2 rings (SSSR count). The van der Waals surface area contributed by atoms with Crippen LogP contribution in [0.1, 0.15) is 36.8 Å². The van der Waals surface area contributed by atoms with Gasteiger partial charge in [-0.1, -0.05) is 6.42 Å². The lowest BCUT2D eigenvalue weighted by Gasteiger charge is -2.23. The number of piperidine rings is 1. The Morgan fingerprint density at radius 1 is 1.42 bits per heavy atom. The van der Waals surface area contributed by atoms with E-state index < -0.39 is 0 Å². The molecule has 0 amide bonds. The lowest BCUT2D eigenvalue weighted by Crippen LogP contribution is -2.34. The Hall–Kier alpha value is -1.44. The fourth-order valence-corrected chi connectivity index (χ4v) is 2.33. The van der Waals surface area contributed by atoms with Gasteiger partial charge in [0, 0.05) is 18.2 Å². The van der Waals surface area contributed by atoms with E-state index in [1.807, 2.05) is 6.07 Å². The molecule has 0 radical (unpaired) electrons. The minimum absolute atomic E-state index is 0.230. The van der Waals surface area contributed by atoms with Crippen molar-refractivity contribution < 1.29 is 9.13 Å². The molecule has 1 heterocycles. The van der Waals surface area contributed by atoms with Crippen molar-refractivity contribution in [3.05, 3.63) is 35.1 Å². The van der Waals surface area contributed by atoms with Gasteiger partial charge < -0.3 is 10.1 Å². The molecule has 1 aromatic rings. The summed E-state index contributed by atoms with van der Waals surface area (Å²) in [4.78, 5) is 0. The van der Waals surface area contributed by atoms with E-state index in [0.29, 0.717) is 23.8 Å². The Morgan fingerprint density at radius 3 is 3.05 bits per heavy atom. The van der Waals surface area contributed by atoms with Gasteiger partial charge in [-0.3, -0.25) is 0 Å². The quantitative estimate of drug-likeness (QED) is 0.830. The number of halogens is 1. The van der Waals surface area contributed by atoms with Crippen molar-refractivity contribution >= 4 is 0 Å². The summed E-state index contributed by atoms with van der Waals surface area (Å²) in [5, 5.41) is 12.2. The predicted molar refractivity (Wildman–Crippen MR) is 71.0 cm³/mol. The van der Waals surface area contributed by atoms with Gasteiger partial charge in [0.05, 0.1) is 18.2 Å². The van der Waals surface area contributed by atoms with Gasteiger partial charge >= 0.3 is 0 Å². The van der Waals surface area contributed by atoms with E-state index in [0.717, 1.165) is 13.0 Å². The van der Waals surface area contributed by atoms with Gasteiger partial charge in [-0.2, -0.15) is 5.26 Å². The summed E-state index contributed by atoms with van der Waals surface area (Å²) >= 11 is 0. The maximum absolute atomic E-state index is 13.5. The van der Waals surface area contributed by atoms with Crippen molar-refractivity contribution in [2.75, 3.05) is 13.2 Å². The van der Waals surface area contributed by atoms with Crippen LogP contribution in [0.25, 0.3) is 0 Å². The molecule has 19 heavy (non-hydrogen) atoms. The third-order valence-electron chi connectivity index (χ3n) is 3.46. The molecule has 1 N–H and O–H groups in total. The number of ether oxygens (including phenoxy) is 1. The van der Waals surface area contributed by atoms with Gasteiger partial charge in [0.15, 0.2) is 0 Å². The first-order chi connectivity index (χ1) is 9.29. The van der Waals surface area contributed by atoms with E-state index in [4.69, 9.17) is 10.00 Å². The monoisotopic (exact) mass is 262 g/mol. The Morgan fingerprint density at radius 2 is 2.32 bits per heavy atom. The van der Waals surface area contributed by atoms with Gasteiger partial charge in [0.1, 0.15) is 5.82 Å². The van der Waals surface area contributed by atoms with Gasteiger partial charge in [-0.25, -0.2) is 4.39 Å². The van der Waals surface area contributed by atoms with Crippen LogP contribution in [0.2, 0.25) is 0 Å². The molecule has 1 unspecified atom stereocenters. The number of nitrogens with one attached hydrogen (secondary N) is 1. The van der Waals surface area contributed by atoms with Gasteiger partial charge in [-0.05, 0) is 44.0 Å². The fraction of sp³-hybridized carbons (Fsp3) is 0.533. The zero-order chi connectivity index (χ0) is 13.5. The summed E-state index contributed by atoms with van der Waals surface area (Å²) in [5.41, 5.74) is 0.921. The zero-order valence-electron chi connectivity index (χ0n) is 11.0. The molecule has 1 fully saturated rings. The van der Waals surface area contributed by atoms with Gasteiger partial charge in [0.2, 0.25) is 0 Å². The van der Waals surface area contributed by atoms with Crippen LogP contribution in [0.15, 0.2) is 18.2 Å². The molecule has 4 heteroatoms. The summed E-state index contributed by atoms with van der Waals surface area (Å²) in [7, 11) is 0. The third kappa shape index (κ3) is 4.30. The van der Waals surface area contributed by atoms with Crippen molar-refractivity contribution in [1.82, 2.24) is 5.32 Å². The highest BCUT2D eigenvalue weighted by atomic mass is 19.1. The molecule has 1 aliphatic heterocycles. The molecule has 1 aromatic carbocycles. The number of hydrogen-bond acceptors (Lipinski definition) is 3. The number of hydrogen-bond donors (Lipinski definition) is 1. The van der Waals surface area contributed by atoms with E-state index >= 15 is 0 Å². The summed E-state index contributed by atoms with van der Waals surface area (Å²) in [6, 6.07) is 6.88. The van der Waals surface area contributed by atoms with Crippen LogP contribution < -0.4 is 5.32 Å². The first-order valence-electron chi connectivity index (χ1n) is 6.79. The number of nitriles is 1. The maximum atomic E-state index is 13.5. The summed E-state index contributed by atoms with van der Waals surface area (Å²) < 4.78 is 19.0. The first kappa shape index (κ1) is 14.0. The average Bonchev–Trinajstić information content (AvgIpc) is 2.46. The van der Waals surface area contributed by atoms with E-state index in [-0.39, 0.29) is 12.4 Å². The van der Waals surface area contributed by atoms with Crippen molar-refractivity contribution in [2.45, 2.75) is 38.3 Å². The summed E-state index contributed by atoms with van der Waals surface area (Å²) in [5.74, 6) is -0.310. The molecule has 1 atom stereocenters. The highest BCUT2D eigenvalue weighted by molar-refractivity contribution is 5.33. The molecule has 0 bridgehead atoms. The molecule has 1 aliphatic rings. The topological polar surface area (TPSA) is 45.0 Å². The minimum atomic E-state index is -0.310. The molecular formula is C15H19FN2O. The second-order valence-electron chi connectivity index (χ2n) is 4.91. The highest BCUT2D eigenvalue weighted by Gasteiger charge is 2.12. The lowest BCUT2D eigenvalue weighted by molar-refractivity contribution is 0.106. The summed E-state index contributed by atoms with van der Waals surface area (Å²) in [6.45, 7) is 1.94. The van der Waals surface area contributed by atoms with Crippen LogP contribution in [0, 0.1) is 17.1 Å². The molecule has 102 valence electrons. The van der Waals surface area contributed by atoms with E-state index in [9.17, 15) is 4.39 Å². The first-order valence-corrected chi connectivity index (χ1v) is 6.79. The van der Waals surface area contributed by atoms with Gasteiger partial charge in [0.25, 0.3) is 0 Å². The SMILES string of the molecule is N#Cc1ccc(F)c(COCCC2CCCCN2)c1. The lowest BCUT2D eigenvalue weighted by atomic mass is 10.0. The molecule has 1 saturated heterocycles. The summed E-state index contributed by atoms with van der Waals surface area (Å²) in [6.07, 6.45) is 4.68. The fourth-order valence-electron chi connectivity index (χ4n) is 2.33. The molecule has 0 spiro atoms. The van der Waals surface area contributed by atoms with Gasteiger partial charge in [-0.15, -0.1) is 0 Å². The number of rotatable bonds is 5. The Balaban J connectivity index is 1.74. The zero-order valence-corrected chi connectivity index (χ0v) is 11.0. The molecule has 0 aliphatic carbocycles. The van der Waals surface area contributed by atoms with Crippen LogP contribution in [0.4, 0.5) is 4.39 Å². The Bertz CT molecular complexity index is 450. The minimum Gasteiger partial charge on any atom is -0.377 e.